The molecule has 1 saturated heterocycles. The van der Waals surface area contributed by atoms with Crippen LogP contribution in [0, 0.1) is 6.92 Å². The predicted octanol–water partition coefficient (Wildman–Crippen LogP) is 2.90. The third-order valence-electron chi connectivity index (χ3n) is 4.37. The molecule has 1 fully saturated rings. The number of hydrogen-bond acceptors (Lipinski definition) is 6. The number of aryl methyl sites for hydroxylation is 1. The number of halogens is 1. The molecule has 0 bridgehead atoms. The summed E-state index contributed by atoms with van der Waals surface area (Å²) in [5, 5.41) is 4.39. The van der Waals surface area contributed by atoms with E-state index >= 15 is 0 Å². The maximum absolute atomic E-state index is 12.7. The Morgan fingerprint density at radius 1 is 1.38 bits per heavy atom. The molecule has 0 spiro atoms. The van der Waals surface area contributed by atoms with Crippen LogP contribution in [0.25, 0.3) is 0 Å². The van der Waals surface area contributed by atoms with E-state index in [2.05, 4.69) is 10.1 Å². The quantitative estimate of drug-likeness (QED) is 0.768. The van der Waals surface area contributed by atoms with E-state index in [1.165, 1.54) is 7.11 Å². The van der Waals surface area contributed by atoms with Crippen molar-refractivity contribution in [2.75, 3.05) is 26.8 Å². The van der Waals surface area contributed by atoms with Crippen LogP contribution in [0.3, 0.4) is 0 Å². The molecule has 1 aliphatic heterocycles. The molecule has 3 rings (SSSR count). The van der Waals surface area contributed by atoms with Crippen LogP contribution in [0.15, 0.2) is 22.7 Å². The first-order chi connectivity index (χ1) is 12.6. The van der Waals surface area contributed by atoms with Gasteiger partial charge in [-0.05, 0) is 31.0 Å². The van der Waals surface area contributed by atoms with Crippen molar-refractivity contribution in [1.82, 2.24) is 15.0 Å². The number of aromatic nitrogens is 2. The van der Waals surface area contributed by atoms with Crippen LogP contribution in [-0.2, 0) is 11.2 Å². The summed E-state index contributed by atoms with van der Waals surface area (Å²) in [5.74, 6) is 1.67. The minimum absolute atomic E-state index is 0.0424. The van der Waals surface area contributed by atoms with Gasteiger partial charge in [-0.2, -0.15) is 4.98 Å². The fourth-order valence-electron chi connectivity index (χ4n) is 3.00. The monoisotopic (exact) mass is 379 g/mol. The average molecular weight is 380 g/mol. The van der Waals surface area contributed by atoms with Crippen molar-refractivity contribution in [3.8, 4) is 5.75 Å². The Morgan fingerprint density at radius 2 is 2.15 bits per heavy atom. The van der Waals surface area contributed by atoms with Crippen molar-refractivity contribution in [2.45, 2.75) is 32.3 Å². The summed E-state index contributed by atoms with van der Waals surface area (Å²) in [6.07, 6.45) is 2.36. The van der Waals surface area contributed by atoms with E-state index in [1.807, 2.05) is 4.90 Å². The topological polar surface area (TPSA) is 77.7 Å². The maximum Gasteiger partial charge on any atom is 0.257 e. The molecule has 1 aromatic heterocycles. The number of carbonyl (C=O) groups excluding carboxylic acids is 1. The summed E-state index contributed by atoms with van der Waals surface area (Å²) in [7, 11) is 1.54. The van der Waals surface area contributed by atoms with Crippen LogP contribution in [0.2, 0.25) is 5.02 Å². The highest BCUT2D eigenvalue weighted by Crippen LogP contribution is 2.26. The number of piperidine rings is 1. The van der Waals surface area contributed by atoms with Crippen molar-refractivity contribution < 1.29 is 18.8 Å². The average Bonchev–Trinajstić information content (AvgIpc) is 3.07. The van der Waals surface area contributed by atoms with E-state index in [1.54, 1.807) is 25.1 Å². The van der Waals surface area contributed by atoms with E-state index in [4.69, 9.17) is 25.6 Å². The number of likely N-dealkylation sites (tertiary alicyclic amines) is 1. The minimum atomic E-state index is -0.0424. The van der Waals surface area contributed by atoms with E-state index in [-0.39, 0.29) is 12.0 Å². The van der Waals surface area contributed by atoms with Gasteiger partial charge in [0, 0.05) is 31.5 Å². The number of carbonyl (C=O) groups is 1. The fraction of sp³-hybridized carbons (Fsp3) is 0.500. The van der Waals surface area contributed by atoms with E-state index < -0.39 is 0 Å². The Balaban J connectivity index is 1.48. The number of rotatable bonds is 6. The lowest BCUT2D eigenvalue weighted by Gasteiger charge is -2.32. The van der Waals surface area contributed by atoms with Crippen LogP contribution in [0.1, 0.15) is 34.9 Å². The lowest BCUT2D eigenvalue weighted by atomic mass is 10.1. The van der Waals surface area contributed by atoms with Crippen molar-refractivity contribution in [3.63, 3.8) is 0 Å². The molecular weight excluding hydrogens is 358 g/mol. The summed E-state index contributed by atoms with van der Waals surface area (Å²) in [6, 6.07) is 5.07. The van der Waals surface area contributed by atoms with Gasteiger partial charge >= 0.3 is 0 Å². The molecular formula is C18H22ClN3O4. The van der Waals surface area contributed by atoms with Crippen LogP contribution in [-0.4, -0.2) is 53.9 Å². The number of ether oxygens (including phenoxy) is 2. The van der Waals surface area contributed by atoms with Crippen molar-refractivity contribution >= 4 is 17.5 Å². The second-order valence-corrected chi connectivity index (χ2v) is 6.62. The Bertz CT molecular complexity index is 757. The van der Waals surface area contributed by atoms with E-state index in [0.717, 1.165) is 12.8 Å². The summed E-state index contributed by atoms with van der Waals surface area (Å²) >= 11 is 5.96. The van der Waals surface area contributed by atoms with Crippen LogP contribution in [0.5, 0.6) is 5.75 Å². The molecule has 0 unspecified atom stereocenters. The van der Waals surface area contributed by atoms with Gasteiger partial charge in [0.2, 0.25) is 5.89 Å². The summed E-state index contributed by atoms with van der Waals surface area (Å²) in [6.45, 7) is 3.61. The molecule has 1 aliphatic rings. The minimum Gasteiger partial charge on any atom is -0.496 e. The molecule has 0 atom stereocenters. The van der Waals surface area contributed by atoms with Crippen molar-refractivity contribution in [3.05, 3.63) is 40.5 Å². The number of benzene rings is 1. The van der Waals surface area contributed by atoms with Gasteiger partial charge in [0.25, 0.3) is 5.91 Å². The molecule has 2 heterocycles. The Kier molecular flexibility index (Phi) is 6.11. The molecule has 26 heavy (non-hydrogen) atoms. The Morgan fingerprint density at radius 3 is 2.81 bits per heavy atom. The molecule has 0 aliphatic carbocycles. The summed E-state index contributed by atoms with van der Waals surface area (Å²) in [5.41, 5.74) is 0.531. The van der Waals surface area contributed by atoms with Gasteiger partial charge < -0.3 is 18.9 Å². The molecule has 0 N–H and O–H groups in total. The molecule has 7 nitrogen and oxygen atoms in total. The maximum atomic E-state index is 12.7. The zero-order valence-corrected chi connectivity index (χ0v) is 15.7. The first-order valence-electron chi connectivity index (χ1n) is 8.60. The summed E-state index contributed by atoms with van der Waals surface area (Å²) in [4.78, 5) is 18.7. The molecule has 2 aromatic rings. The SMILES string of the molecule is COc1cc(Cl)ccc1C(=O)N1CCC(OCCc2noc(C)n2)CC1. The van der Waals surface area contributed by atoms with Gasteiger partial charge in [-0.3, -0.25) is 4.79 Å². The van der Waals surface area contributed by atoms with Gasteiger partial charge in [0.05, 0.1) is 25.4 Å². The predicted molar refractivity (Wildman–Crippen MR) is 95.6 cm³/mol. The van der Waals surface area contributed by atoms with Crippen LogP contribution >= 0.6 is 11.6 Å². The third-order valence-corrected chi connectivity index (χ3v) is 4.61. The standard InChI is InChI=1S/C18H22ClN3O4/c1-12-20-17(21-26-12)7-10-25-14-5-8-22(9-6-14)18(23)15-4-3-13(19)11-16(15)24-2/h3-4,11,14H,5-10H2,1-2H3. The molecule has 0 saturated carbocycles. The first-order valence-corrected chi connectivity index (χ1v) is 8.98. The smallest absolute Gasteiger partial charge is 0.257 e. The second-order valence-electron chi connectivity index (χ2n) is 6.19. The van der Waals surface area contributed by atoms with E-state index in [9.17, 15) is 4.79 Å². The van der Waals surface area contributed by atoms with Gasteiger partial charge in [-0.1, -0.05) is 16.8 Å². The van der Waals surface area contributed by atoms with Crippen LogP contribution in [0.4, 0.5) is 0 Å². The number of amides is 1. The van der Waals surface area contributed by atoms with Crippen molar-refractivity contribution in [1.29, 1.82) is 0 Å². The number of methoxy groups -OCH3 is 1. The molecule has 0 radical (unpaired) electrons. The molecule has 140 valence electrons. The van der Waals surface area contributed by atoms with E-state index in [0.29, 0.717) is 54.2 Å². The molecule has 1 amide bonds. The highest BCUT2D eigenvalue weighted by atomic mass is 35.5. The highest BCUT2D eigenvalue weighted by molar-refractivity contribution is 6.30. The lowest BCUT2D eigenvalue weighted by Crippen LogP contribution is -2.41. The Labute approximate surface area is 157 Å². The number of nitrogens with zero attached hydrogens (tertiary/aromatic N) is 3. The normalized spacial score (nSPS) is 15.3. The molecule has 1 aromatic carbocycles. The van der Waals surface area contributed by atoms with Gasteiger partial charge in [-0.25, -0.2) is 0 Å². The van der Waals surface area contributed by atoms with Crippen LogP contribution < -0.4 is 4.74 Å². The van der Waals surface area contributed by atoms with Gasteiger partial charge in [-0.15, -0.1) is 0 Å². The van der Waals surface area contributed by atoms with Gasteiger partial charge in [0.1, 0.15) is 5.75 Å². The molecule has 8 heteroatoms. The van der Waals surface area contributed by atoms with Crippen molar-refractivity contribution in [2.24, 2.45) is 0 Å². The first kappa shape index (κ1) is 18.7. The zero-order chi connectivity index (χ0) is 18.5. The fourth-order valence-corrected chi connectivity index (χ4v) is 3.16. The number of hydrogen-bond donors (Lipinski definition) is 0. The zero-order valence-electron chi connectivity index (χ0n) is 14.9. The Hall–Kier alpha value is -2.12. The lowest BCUT2D eigenvalue weighted by molar-refractivity contribution is 0.00940. The van der Waals surface area contributed by atoms with Gasteiger partial charge in [0.15, 0.2) is 5.82 Å². The highest BCUT2D eigenvalue weighted by Gasteiger charge is 2.26. The largest absolute Gasteiger partial charge is 0.496 e. The second kappa shape index (κ2) is 8.51. The summed E-state index contributed by atoms with van der Waals surface area (Å²) < 4.78 is 16.1. The third kappa shape index (κ3) is 4.53.